The molecule has 0 aliphatic carbocycles. The van der Waals surface area contributed by atoms with Crippen LogP contribution in [0.1, 0.15) is 13.8 Å². The minimum absolute atomic E-state index is 0.258. The summed E-state index contributed by atoms with van der Waals surface area (Å²) in [4.78, 5) is 1.38. The van der Waals surface area contributed by atoms with Gasteiger partial charge in [-0.1, -0.05) is 15.9 Å². The Labute approximate surface area is 128 Å². The highest BCUT2D eigenvalue weighted by Crippen LogP contribution is 2.16. The van der Waals surface area contributed by atoms with Crippen molar-refractivity contribution in [3.05, 3.63) is 28.7 Å². The first-order chi connectivity index (χ1) is 9.52. The van der Waals surface area contributed by atoms with Gasteiger partial charge in [0.2, 0.25) is 0 Å². The fraction of sp³-hybridized carbons (Fsp3) is 0.600. The minimum Gasteiger partial charge on any atom is -0.491 e. The summed E-state index contributed by atoms with van der Waals surface area (Å²) in [6.45, 7) is 7.09. The Hall–Kier alpha value is -0.620. The number of hydrogen-bond acceptors (Lipinski definition) is 3. The fourth-order valence-electron chi connectivity index (χ4n) is 2.67. The molecule has 1 aliphatic heterocycles. The van der Waals surface area contributed by atoms with Crippen molar-refractivity contribution in [3.8, 4) is 5.75 Å². The summed E-state index contributed by atoms with van der Waals surface area (Å²) < 4.78 is 12.3. The van der Waals surface area contributed by atoms with E-state index in [-0.39, 0.29) is 12.2 Å². The minimum atomic E-state index is -0.453. The standard InChI is InChI=1S/C15H22BrNO3/c1-11-7-17(8-12(2)20-11)9-14(18)10-19-15-5-3-13(16)4-6-15/h3-6,11-12,14,18H,7-10H2,1-2H3/p+1/t11-,12-,14-/m0/s1. The van der Waals surface area contributed by atoms with Gasteiger partial charge >= 0.3 is 0 Å². The number of ether oxygens (including phenoxy) is 2. The first-order valence-electron chi connectivity index (χ1n) is 7.08. The van der Waals surface area contributed by atoms with E-state index >= 15 is 0 Å². The Morgan fingerprint density at radius 3 is 2.50 bits per heavy atom. The van der Waals surface area contributed by atoms with Crippen molar-refractivity contribution in [3.63, 3.8) is 0 Å². The predicted octanol–water partition coefficient (Wildman–Crippen LogP) is 0.881. The van der Waals surface area contributed by atoms with Gasteiger partial charge in [0.05, 0.1) is 0 Å². The highest BCUT2D eigenvalue weighted by Gasteiger charge is 2.27. The third kappa shape index (κ3) is 5.05. The van der Waals surface area contributed by atoms with E-state index < -0.39 is 6.10 Å². The number of aliphatic hydroxyl groups excluding tert-OH is 1. The van der Waals surface area contributed by atoms with E-state index in [1.165, 1.54) is 4.90 Å². The Balaban J connectivity index is 1.74. The van der Waals surface area contributed by atoms with Crippen LogP contribution in [0.2, 0.25) is 0 Å². The van der Waals surface area contributed by atoms with Gasteiger partial charge < -0.3 is 19.5 Å². The van der Waals surface area contributed by atoms with Crippen LogP contribution in [-0.4, -0.2) is 49.7 Å². The highest BCUT2D eigenvalue weighted by molar-refractivity contribution is 9.10. The second kappa shape index (κ2) is 7.41. The van der Waals surface area contributed by atoms with E-state index in [1.54, 1.807) is 0 Å². The number of hydrogen-bond donors (Lipinski definition) is 2. The van der Waals surface area contributed by atoms with Crippen LogP contribution in [-0.2, 0) is 4.74 Å². The molecule has 4 nitrogen and oxygen atoms in total. The van der Waals surface area contributed by atoms with Crippen molar-refractivity contribution in [1.29, 1.82) is 0 Å². The molecule has 112 valence electrons. The normalized spacial score (nSPS) is 28.1. The molecule has 2 N–H and O–H groups in total. The molecular weight excluding hydrogens is 322 g/mol. The molecule has 1 aliphatic rings. The molecule has 0 aromatic heterocycles. The van der Waals surface area contributed by atoms with Crippen LogP contribution in [0.25, 0.3) is 0 Å². The van der Waals surface area contributed by atoms with Crippen LogP contribution in [0, 0.1) is 0 Å². The molecule has 0 spiro atoms. The molecule has 1 fully saturated rings. The van der Waals surface area contributed by atoms with Gasteiger partial charge in [-0.05, 0) is 38.1 Å². The largest absolute Gasteiger partial charge is 0.491 e. The van der Waals surface area contributed by atoms with E-state index in [2.05, 4.69) is 29.8 Å². The summed E-state index contributed by atoms with van der Waals surface area (Å²) in [6.07, 6.45) is 0.0628. The van der Waals surface area contributed by atoms with E-state index in [0.717, 1.165) is 23.3 Å². The lowest BCUT2D eigenvalue weighted by atomic mass is 10.2. The fourth-order valence-corrected chi connectivity index (χ4v) is 2.94. The average molecular weight is 345 g/mol. The number of benzene rings is 1. The zero-order valence-electron chi connectivity index (χ0n) is 12.0. The predicted molar refractivity (Wildman–Crippen MR) is 81.2 cm³/mol. The Kier molecular flexibility index (Phi) is 5.84. The van der Waals surface area contributed by atoms with Gasteiger partial charge in [0.1, 0.15) is 50.3 Å². The summed E-state index contributed by atoms with van der Waals surface area (Å²) in [6, 6.07) is 7.64. The Morgan fingerprint density at radius 2 is 1.90 bits per heavy atom. The van der Waals surface area contributed by atoms with Crippen LogP contribution in [0.3, 0.4) is 0 Å². The molecule has 20 heavy (non-hydrogen) atoms. The number of halogens is 1. The summed E-state index contributed by atoms with van der Waals surface area (Å²) in [5.74, 6) is 0.783. The molecule has 5 heteroatoms. The molecule has 1 aromatic carbocycles. The summed E-state index contributed by atoms with van der Waals surface area (Å²) in [7, 11) is 0. The lowest BCUT2D eigenvalue weighted by Gasteiger charge is -2.33. The molecule has 1 heterocycles. The average Bonchev–Trinajstić information content (AvgIpc) is 2.37. The van der Waals surface area contributed by atoms with Gasteiger partial charge in [0.15, 0.2) is 0 Å². The monoisotopic (exact) mass is 344 g/mol. The van der Waals surface area contributed by atoms with Gasteiger partial charge in [0, 0.05) is 4.47 Å². The molecule has 2 rings (SSSR count). The lowest BCUT2D eigenvalue weighted by molar-refractivity contribution is -0.918. The van der Waals surface area contributed by atoms with Gasteiger partial charge in [-0.25, -0.2) is 0 Å². The maximum Gasteiger partial charge on any atom is 0.137 e. The summed E-state index contributed by atoms with van der Waals surface area (Å²) in [5, 5.41) is 10.1. The number of aliphatic hydroxyl groups is 1. The molecule has 3 atom stereocenters. The van der Waals surface area contributed by atoms with E-state index in [0.29, 0.717) is 13.2 Å². The lowest BCUT2D eigenvalue weighted by Crippen LogP contribution is -3.16. The Morgan fingerprint density at radius 1 is 1.30 bits per heavy atom. The molecule has 0 unspecified atom stereocenters. The van der Waals surface area contributed by atoms with E-state index in [1.807, 2.05) is 24.3 Å². The number of quaternary nitrogens is 1. The van der Waals surface area contributed by atoms with E-state index in [4.69, 9.17) is 9.47 Å². The van der Waals surface area contributed by atoms with Gasteiger partial charge in [-0.3, -0.25) is 0 Å². The van der Waals surface area contributed by atoms with Crippen LogP contribution in [0.5, 0.6) is 5.75 Å². The zero-order chi connectivity index (χ0) is 14.5. The summed E-state index contributed by atoms with van der Waals surface area (Å²) >= 11 is 3.38. The summed E-state index contributed by atoms with van der Waals surface area (Å²) in [5.41, 5.74) is 0. The smallest absolute Gasteiger partial charge is 0.137 e. The van der Waals surface area contributed by atoms with Crippen LogP contribution in [0.4, 0.5) is 0 Å². The molecule has 0 bridgehead atoms. The van der Waals surface area contributed by atoms with E-state index in [9.17, 15) is 5.11 Å². The Bertz CT molecular complexity index is 402. The highest BCUT2D eigenvalue weighted by atomic mass is 79.9. The number of rotatable bonds is 5. The third-order valence-corrected chi connectivity index (χ3v) is 3.93. The SMILES string of the molecule is C[C@H]1C[NH+](C[C@H](O)COc2ccc(Br)cc2)C[C@H](C)O1. The van der Waals surface area contributed by atoms with Crippen molar-refractivity contribution >= 4 is 15.9 Å². The molecule has 1 saturated heterocycles. The molecule has 0 amide bonds. The van der Waals surface area contributed by atoms with Crippen molar-refractivity contribution in [2.45, 2.75) is 32.2 Å². The molecule has 0 radical (unpaired) electrons. The first-order valence-corrected chi connectivity index (χ1v) is 7.87. The first kappa shape index (κ1) is 15.8. The van der Waals surface area contributed by atoms with Crippen molar-refractivity contribution in [2.24, 2.45) is 0 Å². The van der Waals surface area contributed by atoms with Gasteiger partial charge in [-0.2, -0.15) is 0 Å². The van der Waals surface area contributed by atoms with Crippen LogP contribution >= 0.6 is 15.9 Å². The molecule has 1 aromatic rings. The molecule has 0 saturated carbocycles. The maximum absolute atomic E-state index is 10.1. The number of nitrogens with one attached hydrogen (secondary N) is 1. The quantitative estimate of drug-likeness (QED) is 0.833. The third-order valence-electron chi connectivity index (χ3n) is 3.40. The maximum atomic E-state index is 10.1. The van der Waals surface area contributed by atoms with Gasteiger partial charge in [0.25, 0.3) is 0 Å². The van der Waals surface area contributed by atoms with Crippen molar-refractivity contribution in [2.75, 3.05) is 26.2 Å². The second-order valence-electron chi connectivity index (χ2n) is 5.54. The number of morpholine rings is 1. The zero-order valence-corrected chi connectivity index (χ0v) is 13.6. The van der Waals surface area contributed by atoms with Crippen LogP contribution in [0.15, 0.2) is 28.7 Å². The molecular formula is C15H23BrNO3+. The van der Waals surface area contributed by atoms with Crippen molar-refractivity contribution in [1.82, 2.24) is 0 Å². The van der Waals surface area contributed by atoms with Crippen LogP contribution < -0.4 is 9.64 Å². The topological polar surface area (TPSA) is 43.1 Å². The van der Waals surface area contributed by atoms with Crippen molar-refractivity contribution < 1.29 is 19.5 Å². The van der Waals surface area contributed by atoms with Gasteiger partial charge in [-0.15, -0.1) is 0 Å². The second-order valence-corrected chi connectivity index (χ2v) is 6.45.